The van der Waals surface area contributed by atoms with Crippen molar-refractivity contribution in [2.75, 3.05) is 5.75 Å². The highest BCUT2D eigenvalue weighted by atomic mass is 35.5. The van der Waals surface area contributed by atoms with Crippen LogP contribution in [0.5, 0.6) is 0 Å². The molecule has 0 saturated heterocycles. The molecule has 0 aliphatic carbocycles. The van der Waals surface area contributed by atoms with Crippen molar-refractivity contribution >= 4 is 60.9 Å². The molecule has 0 spiro atoms. The number of rotatable bonds is 4. The van der Waals surface area contributed by atoms with Crippen LogP contribution in [-0.2, 0) is 17.8 Å². The van der Waals surface area contributed by atoms with Gasteiger partial charge in [-0.3, -0.25) is 4.79 Å². The number of fused-ring (bicyclic) bond motifs is 4. The number of halogens is 1. The molecule has 0 N–H and O–H groups in total. The van der Waals surface area contributed by atoms with Crippen LogP contribution in [0, 0.1) is 0 Å². The second kappa shape index (κ2) is 7.57. The highest BCUT2D eigenvalue weighted by Crippen LogP contribution is 2.39. The molecule has 0 fully saturated rings. The van der Waals surface area contributed by atoms with E-state index >= 15 is 0 Å². The minimum Gasteiger partial charge on any atom is -0.370 e. The Labute approximate surface area is 186 Å². The molecule has 8 heteroatoms. The quantitative estimate of drug-likeness (QED) is 0.223. The SMILES string of the molecule is CC1(C)Cc2nc3sc4c(SCC(=O)c5ccc(Cl)cc5)ncnc4c3cc2CO1. The van der Waals surface area contributed by atoms with E-state index in [1.807, 2.05) is 0 Å². The van der Waals surface area contributed by atoms with Gasteiger partial charge in [-0.25, -0.2) is 15.0 Å². The number of thioether (sulfide) groups is 1. The fourth-order valence-electron chi connectivity index (χ4n) is 3.52. The summed E-state index contributed by atoms with van der Waals surface area (Å²) in [6.45, 7) is 4.74. The smallest absolute Gasteiger partial charge is 0.173 e. The molecule has 3 aromatic heterocycles. The highest BCUT2D eigenvalue weighted by molar-refractivity contribution is 8.00. The fourth-order valence-corrected chi connectivity index (χ4v) is 5.75. The van der Waals surface area contributed by atoms with E-state index in [0.717, 1.165) is 43.1 Å². The van der Waals surface area contributed by atoms with Crippen LogP contribution in [0.4, 0.5) is 0 Å². The molecular weight excluding hydrogens is 438 g/mol. The van der Waals surface area contributed by atoms with Crippen LogP contribution in [0.25, 0.3) is 20.4 Å². The van der Waals surface area contributed by atoms with Gasteiger partial charge in [-0.2, -0.15) is 0 Å². The average Bonchev–Trinajstić information content (AvgIpc) is 3.08. The molecular formula is C22H18ClN3O2S2. The number of aromatic nitrogens is 3. The van der Waals surface area contributed by atoms with E-state index in [2.05, 4.69) is 29.9 Å². The molecule has 5 rings (SSSR count). The van der Waals surface area contributed by atoms with Gasteiger partial charge in [0.15, 0.2) is 5.78 Å². The number of ketones is 1. The molecule has 0 unspecified atom stereocenters. The summed E-state index contributed by atoms with van der Waals surface area (Å²) in [4.78, 5) is 27.4. The molecule has 4 heterocycles. The van der Waals surface area contributed by atoms with Crippen LogP contribution in [0.15, 0.2) is 41.7 Å². The number of carbonyl (C=O) groups excluding carboxylic acids is 1. The summed E-state index contributed by atoms with van der Waals surface area (Å²) < 4.78 is 6.92. The van der Waals surface area contributed by atoms with Gasteiger partial charge in [0.25, 0.3) is 0 Å². The van der Waals surface area contributed by atoms with E-state index in [4.69, 9.17) is 21.3 Å². The first kappa shape index (κ1) is 19.9. The van der Waals surface area contributed by atoms with Crippen molar-refractivity contribution in [3.8, 4) is 0 Å². The molecule has 5 nitrogen and oxygen atoms in total. The van der Waals surface area contributed by atoms with Gasteiger partial charge in [-0.15, -0.1) is 11.3 Å². The third kappa shape index (κ3) is 3.71. The first-order valence-corrected chi connectivity index (χ1v) is 11.7. The Morgan fingerprint density at radius 1 is 1.27 bits per heavy atom. The van der Waals surface area contributed by atoms with Gasteiger partial charge in [0.1, 0.15) is 16.2 Å². The second-order valence-corrected chi connectivity index (χ2v) is 10.2. The predicted octanol–water partition coefficient (Wildman–Crippen LogP) is 5.72. The minimum atomic E-state index is -0.201. The molecule has 0 amide bonds. The summed E-state index contributed by atoms with van der Waals surface area (Å²) in [6.07, 6.45) is 2.35. The number of Topliss-reactive ketones (excluding diaryl/α,β-unsaturated/α-hetero) is 1. The second-order valence-electron chi connectivity index (χ2n) is 7.85. The Hall–Kier alpha value is -2.06. The Morgan fingerprint density at radius 2 is 2.07 bits per heavy atom. The Balaban J connectivity index is 1.47. The molecule has 1 aliphatic rings. The van der Waals surface area contributed by atoms with Gasteiger partial charge in [0, 0.05) is 28.0 Å². The molecule has 30 heavy (non-hydrogen) atoms. The predicted molar refractivity (Wildman–Crippen MR) is 122 cm³/mol. The van der Waals surface area contributed by atoms with E-state index in [1.165, 1.54) is 11.8 Å². The average molecular weight is 456 g/mol. The van der Waals surface area contributed by atoms with E-state index < -0.39 is 0 Å². The van der Waals surface area contributed by atoms with E-state index in [1.54, 1.807) is 41.9 Å². The molecule has 0 radical (unpaired) electrons. The van der Waals surface area contributed by atoms with Crippen molar-refractivity contribution in [3.05, 3.63) is 58.5 Å². The summed E-state index contributed by atoms with van der Waals surface area (Å²) in [7, 11) is 0. The number of benzene rings is 1. The zero-order chi connectivity index (χ0) is 20.9. The fraction of sp³-hybridized carbons (Fsp3) is 0.273. The molecule has 0 atom stereocenters. The lowest BCUT2D eigenvalue weighted by atomic mass is 9.95. The highest BCUT2D eigenvalue weighted by Gasteiger charge is 2.28. The van der Waals surface area contributed by atoms with Gasteiger partial charge in [-0.05, 0) is 44.2 Å². The van der Waals surface area contributed by atoms with Crippen molar-refractivity contribution in [3.63, 3.8) is 0 Å². The van der Waals surface area contributed by atoms with Crippen molar-refractivity contribution in [2.24, 2.45) is 0 Å². The number of pyridine rings is 1. The van der Waals surface area contributed by atoms with Gasteiger partial charge in [0.2, 0.25) is 0 Å². The summed E-state index contributed by atoms with van der Waals surface area (Å²) >= 11 is 8.92. The topological polar surface area (TPSA) is 65.0 Å². The lowest BCUT2D eigenvalue weighted by Crippen LogP contribution is -2.32. The number of hydrogen-bond acceptors (Lipinski definition) is 7. The number of nitrogens with zero attached hydrogens (tertiary/aromatic N) is 3. The minimum absolute atomic E-state index is 0.0394. The summed E-state index contributed by atoms with van der Waals surface area (Å²) in [5.41, 5.74) is 3.53. The zero-order valence-electron chi connectivity index (χ0n) is 16.4. The molecule has 4 aromatic rings. The third-order valence-electron chi connectivity index (χ3n) is 5.10. The molecule has 0 bridgehead atoms. The third-order valence-corrected chi connectivity index (χ3v) is 7.56. The first-order valence-electron chi connectivity index (χ1n) is 9.51. The maximum absolute atomic E-state index is 12.5. The normalized spacial score (nSPS) is 15.4. The number of hydrogen-bond donors (Lipinski definition) is 0. The number of thiophene rings is 1. The van der Waals surface area contributed by atoms with Crippen molar-refractivity contribution in [1.82, 2.24) is 15.0 Å². The van der Waals surface area contributed by atoms with Gasteiger partial charge >= 0.3 is 0 Å². The largest absolute Gasteiger partial charge is 0.370 e. The summed E-state index contributed by atoms with van der Waals surface area (Å²) in [5, 5.41) is 2.44. The monoisotopic (exact) mass is 455 g/mol. The van der Waals surface area contributed by atoms with Crippen LogP contribution in [-0.4, -0.2) is 32.1 Å². The molecule has 0 saturated carbocycles. The van der Waals surface area contributed by atoms with Gasteiger partial charge in [0.05, 0.1) is 33.9 Å². The molecule has 1 aromatic carbocycles. The lowest BCUT2D eigenvalue weighted by Gasteiger charge is -2.30. The van der Waals surface area contributed by atoms with E-state index in [9.17, 15) is 4.79 Å². The first-order chi connectivity index (χ1) is 14.4. The van der Waals surface area contributed by atoms with Crippen molar-refractivity contribution in [2.45, 2.75) is 37.5 Å². The maximum Gasteiger partial charge on any atom is 0.173 e. The van der Waals surface area contributed by atoms with E-state index in [-0.39, 0.29) is 11.4 Å². The number of carbonyl (C=O) groups is 1. The standard InChI is InChI=1S/C22H18ClN3O2S2/c1-22(2)8-16-13(9-28-22)7-15-18-19(30-20(15)26-16)21(25-11-24-18)29-10-17(27)12-3-5-14(23)6-4-12/h3-7,11H,8-10H2,1-2H3. The Kier molecular flexibility index (Phi) is 5.01. The van der Waals surface area contributed by atoms with Gasteiger partial charge < -0.3 is 4.74 Å². The zero-order valence-corrected chi connectivity index (χ0v) is 18.8. The molecule has 152 valence electrons. The molecule has 1 aliphatic heterocycles. The Morgan fingerprint density at radius 3 is 2.87 bits per heavy atom. The van der Waals surface area contributed by atoms with Crippen molar-refractivity contribution in [1.29, 1.82) is 0 Å². The van der Waals surface area contributed by atoms with Crippen molar-refractivity contribution < 1.29 is 9.53 Å². The Bertz CT molecular complexity index is 1290. The summed E-state index contributed by atoms with van der Waals surface area (Å²) in [6, 6.07) is 9.10. The number of ether oxygens (including phenoxy) is 1. The van der Waals surface area contributed by atoms with Crippen LogP contribution >= 0.6 is 34.7 Å². The summed E-state index contributed by atoms with van der Waals surface area (Å²) in [5.74, 6) is 0.339. The van der Waals surface area contributed by atoms with Gasteiger partial charge in [-0.1, -0.05) is 23.4 Å². The van der Waals surface area contributed by atoms with Crippen LogP contribution in [0.3, 0.4) is 0 Å². The van der Waals surface area contributed by atoms with Crippen LogP contribution in [0.1, 0.15) is 35.5 Å². The van der Waals surface area contributed by atoms with E-state index in [0.29, 0.717) is 22.9 Å². The lowest BCUT2D eigenvalue weighted by molar-refractivity contribution is -0.0411. The maximum atomic E-state index is 12.5. The van der Waals surface area contributed by atoms with Crippen LogP contribution < -0.4 is 0 Å². The van der Waals surface area contributed by atoms with Crippen LogP contribution in [0.2, 0.25) is 5.02 Å².